The minimum Gasteiger partial charge on any atom is -0.468 e. The second kappa shape index (κ2) is 4.73. The molecular formula is C8H12N2O3S2. The highest BCUT2D eigenvalue weighted by Gasteiger charge is 2.18. The molecule has 1 heterocycles. The third-order valence-corrected chi connectivity index (χ3v) is 3.39. The molecular weight excluding hydrogens is 236 g/mol. The lowest BCUT2D eigenvalue weighted by molar-refractivity contribution is 0.460. The van der Waals surface area contributed by atoms with E-state index in [0.717, 1.165) is 0 Å². The molecule has 7 heteroatoms. The molecule has 1 rings (SSSR count). The Kier molecular flexibility index (Phi) is 3.83. The zero-order valence-corrected chi connectivity index (χ0v) is 9.77. The van der Waals surface area contributed by atoms with E-state index in [2.05, 4.69) is 16.9 Å². The molecule has 15 heavy (non-hydrogen) atoms. The van der Waals surface area contributed by atoms with E-state index in [1.807, 2.05) is 0 Å². The monoisotopic (exact) mass is 248 g/mol. The predicted octanol–water partition coefficient (Wildman–Crippen LogP) is 0.546. The van der Waals surface area contributed by atoms with Gasteiger partial charge in [-0.2, -0.15) is 0 Å². The number of nitrogens with two attached hydrogens (primary N) is 1. The molecule has 0 aliphatic heterocycles. The second-order valence-corrected chi connectivity index (χ2v) is 5.36. The molecule has 84 valence electrons. The summed E-state index contributed by atoms with van der Waals surface area (Å²) in [6.07, 6.45) is 1.48. The van der Waals surface area contributed by atoms with Crippen LogP contribution in [-0.2, 0) is 10.0 Å². The van der Waals surface area contributed by atoms with Crippen molar-refractivity contribution in [1.29, 1.82) is 0 Å². The van der Waals surface area contributed by atoms with Gasteiger partial charge in [-0.05, 0) is 19.1 Å². The van der Waals surface area contributed by atoms with Crippen molar-refractivity contribution in [2.45, 2.75) is 13.0 Å². The van der Waals surface area contributed by atoms with Gasteiger partial charge in [0.1, 0.15) is 11.5 Å². The van der Waals surface area contributed by atoms with Crippen LogP contribution in [0.25, 0.3) is 0 Å². The summed E-state index contributed by atoms with van der Waals surface area (Å²) in [6, 6.07) is 2.95. The average molecular weight is 248 g/mol. The zero-order chi connectivity index (χ0) is 11.5. The minimum absolute atomic E-state index is 0.0610. The number of rotatable bonds is 5. The van der Waals surface area contributed by atoms with Crippen LogP contribution in [0.4, 0.5) is 0 Å². The highest BCUT2D eigenvalue weighted by atomic mass is 32.2. The summed E-state index contributed by atoms with van der Waals surface area (Å²) in [4.78, 5) is -0.0610. The van der Waals surface area contributed by atoms with Crippen LogP contribution in [-0.4, -0.2) is 19.2 Å². The van der Waals surface area contributed by atoms with Crippen molar-refractivity contribution in [3.63, 3.8) is 0 Å². The molecule has 0 aliphatic carbocycles. The second-order valence-electron chi connectivity index (χ2n) is 3.08. The highest BCUT2D eigenvalue weighted by molar-refractivity contribution is 7.92. The van der Waals surface area contributed by atoms with E-state index in [1.54, 1.807) is 19.1 Å². The Bertz CT molecular complexity index is 425. The van der Waals surface area contributed by atoms with E-state index in [4.69, 9.17) is 10.2 Å². The summed E-state index contributed by atoms with van der Waals surface area (Å²) in [6.45, 7) is 1.68. The standard InChI is InChI=1S/C8H12N2O3S2/c1-6(7-3-2-4-13-7)10-15(11,12)5-8(9)14/h2-4,6,10H,5H2,1H3,(H2,9,14). The molecule has 3 N–H and O–H groups in total. The molecule has 1 unspecified atom stereocenters. The average Bonchev–Trinajstić information content (AvgIpc) is 2.50. The molecule has 5 nitrogen and oxygen atoms in total. The van der Waals surface area contributed by atoms with Crippen LogP contribution < -0.4 is 10.5 Å². The van der Waals surface area contributed by atoms with Crippen molar-refractivity contribution >= 4 is 27.2 Å². The van der Waals surface area contributed by atoms with Gasteiger partial charge in [-0.25, -0.2) is 13.1 Å². The fourth-order valence-electron chi connectivity index (χ4n) is 1.09. The lowest BCUT2D eigenvalue weighted by Crippen LogP contribution is -2.33. The van der Waals surface area contributed by atoms with Crippen LogP contribution in [0.2, 0.25) is 0 Å². The normalized spacial score (nSPS) is 13.7. The highest BCUT2D eigenvalue weighted by Crippen LogP contribution is 2.13. The number of hydrogen-bond acceptors (Lipinski definition) is 4. The molecule has 1 atom stereocenters. The first kappa shape index (κ1) is 12.2. The maximum absolute atomic E-state index is 11.4. The van der Waals surface area contributed by atoms with Gasteiger partial charge in [-0.15, -0.1) is 0 Å². The molecule has 0 radical (unpaired) electrons. The van der Waals surface area contributed by atoms with Gasteiger partial charge in [0.25, 0.3) is 0 Å². The predicted molar refractivity (Wildman–Crippen MR) is 60.8 cm³/mol. The van der Waals surface area contributed by atoms with Gasteiger partial charge < -0.3 is 10.2 Å². The van der Waals surface area contributed by atoms with Gasteiger partial charge in [0.05, 0.1) is 17.3 Å². The Balaban J connectivity index is 2.66. The van der Waals surface area contributed by atoms with E-state index >= 15 is 0 Å². The Morgan fingerprint density at radius 3 is 2.87 bits per heavy atom. The molecule has 0 aliphatic rings. The lowest BCUT2D eigenvalue weighted by Gasteiger charge is -2.11. The van der Waals surface area contributed by atoms with Gasteiger partial charge in [-0.1, -0.05) is 12.2 Å². The van der Waals surface area contributed by atoms with E-state index in [0.29, 0.717) is 5.76 Å². The summed E-state index contributed by atoms with van der Waals surface area (Å²) in [7, 11) is -3.48. The van der Waals surface area contributed by atoms with Gasteiger partial charge in [0, 0.05) is 0 Å². The Hall–Kier alpha value is -0.920. The molecule has 0 fully saturated rings. The zero-order valence-electron chi connectivity index (χ0n) is 8.14. The van der Waals surface area contributed by atoms with Crippen molar-refractivity contribution in [2.75, 3.05) is 5.75 Å². The SMILES string of the molecule is CC(NS(=O)(=O)CC(N)=S)c1ccco1. The van der Waals surface area contributed by atoms with Crippen molar-refractivity contribution in [1.82, 2.24) is 4.72 Å². The number of hydrogen-bond donors (Lipinski definition) is 2. The van der Waals surface area contributed by atoms with Crippen LogP contribution in [0.15, 0.2) is 22.8 Å². The molecule has 1 aromatic heterocycles. The molecule has 0 amide bonds. The largest absolute Gasteiger partial charge is 0.468 e. The Morgan fingerprint density at radius 1 is 1.73 bits per heavy atom. The molecule has 0 aromatic carbocycles. The summed E-state index contributed by atoms with van der Waals surface area (Å²) in [5.41, 5.74) is 5.16. The van der Waals surface area contributed by atoms with Crippen LogP contribution >= 0.6 is 12.2 Å². The van der Waals surface area contributed by atoms with Crippen molar-refractivity contribution in [3.05, 3.63) is 24.2 Å². The van der Waals surface area contributed by atoms with Gasteiger partial charge in [0.15, 0.2) is 0 Å². The van der Waals surface area contributed by atoms with Crippen molar-refractivity contribution < 1.29 is 12.8 Å². The quantitative estimate of drug-likeness (QED) is 0.743. The van der Waals surface area contributed by atoms with Crippen LogP contribution in [0.3, 0.4) is 0 Å². The third kappa shape index (κ3) is 3.98. The van der Waals surface area contributed by atoms with E-state index in [1.165, 1.54) is 6.26 Å². The van der Waals surface area contributed by atoms with Crippen LogP contribution in [0.5, 0.6) is 0 Å². The first-order chi connectivity index (χ1) is 6.91. The molecule has 0 bridgehead atoms. The number of furan rings is 1. The van der Waals surface area contributed by atoms with Gasteiger partial charge in [-0.3, -0.25) is 0 Å². The summed E-state index contributed by atoms with van der Waals surface area (Å²) < 4.78 is 30.3. The molecule has 0 saturated carbocycles. The molecule has 0 saturated heterocycles. The lowest BCUT2D eigenvalue weighted by atomic mass is 10.3. The fraction of sp³-hybridized carbons (Fsp3) is 0.375. The fourth-order valence-corrected chi connectivity index (χ4v) is 2.67. The van der Waals surface area contributed by atoms with Gasteiger partial charge in [0.2, 0.25) is 10.0 Å². The maximum atomic E-state index is 11.4. The number of thiocarbonyl (C=S) groups is 1. The third-order valence-electron chi connectivity index (χ3n) is 1.66. The number of nitrogens with one attached hydrogen (secondary N) is 1. The molecule has 1 aromatic rings. The summed E-state index contributed by atoms with van der Waals surface area (Å²) in [5.74, 6) is 0.189. The van der Waals surface area contributed by atoms with E-state index in [-0.39, 0.29) is 10.7 Å². The van der Waals surface area contributed by atoms with Crippen LogP contribution in [0.1, 0.15) is 18.7 Å². The van der Waals surface area contributed by atoms with Crippen molar-refractivity contribution in [3.8, 4) is 0 Å². The topological polar surface area (TPSA) is 85.3 Å². The number of sulfonamides is 1. The smallest absolute Gasteiger partial charge is 0.218 e. The van der Waals surface area contributed by atoms with E-state index in [9.17, 15) is 8.42 Å². The summed E-state index contributed by atoms with van der Waals surface area (Å²) >= 11 is 4.53. The minimum atomic E-state index is -3.48. The first-order valence-electron chi connectivity index (χ1n) is 4.22. The maximum Gasteiger partial charge on any atom is 0.218 e. The van der Waals surface area contributed by atoms with E-state index < -0.39 is 16.1 Å². The Morgan fingerprint density at radius 2 is 2.40 bits per heavy atom. The van der Waals surface area contributed by atoms with Gasteiger partial charge >= 0.3 is 0 Å². The Labute approximate surface area is 93.7 Å². The first-order valence-corrected chi connectivity index (χ1v) is 6.28. The van der Waals surface area contributed by atoms with Crippen LogP contribution in [0, 0.1) is 0 Å². The van der Waals surface area contributed by atoms with Crippen molar-refractivity contribution in [2.24, 2.45) is 5.73 Å². The summed E-state index contributed by atoms with van der Waals surface area (Å²) in [5, 5.41) is 0. The molecule has 0 spiro atoms.